The van der Waals surface area contributed by atoms with E-state index < -0.39 is 17.8 Å². The maximum absolute atomic E-state index is 12.6. The van der Waals surface area contributed by atoms with E-state index in [0.29, 0.717) is 28.5 Å². The minimum atomic E-state index is -4.36. The fourth-order valence-corrected chi connectivity index (χ4v) is 2.48. The molecule has 3 aromatic rings. The highest BCUT2D eigenvalue weighted by Gasteiger charge is 2.30. The number of aromatic nitrogens is 2. The van der Waals surface area contributed by atoms with Crippen molar-refractivity contribution < 1.29 is 22.7 Å². The zero-order chi connectivity index (χ0) is 18.0. The minimum absolute atomic E-state index is 0.164. The smallest absolute Gasteiger partial charge is 0.416 e. The Morgan fingerprint density at radius 2 is 1.76 bits per heavy atom. The number of aliphatic hydroxyl groups is 1. The average molecular weight is 348 g/mol. The predicted octanol–water partition coefficient (Wildman–Crippen LogP) is 4.34. The van der Waals surface area contributed by atoms with Gasteiger partial charge in [0.05, 0.1) is 18.1 Å². The van der Waals surface area contributed by atoms with Gasteiger partial charge in [0.2, 0.25) is 11.8 Å². The summed E-state index contributed by atoms with van der Waals surface area (Å²) < 4.78 is 43.2. The highest BCUT2D eigenvalue weighted by atomic mass is 19.4. The van der Waals surface area contributed by atoms with Crippen molar-refractivity contribution in [3.05, 3.63) is 71.4 Å². The molecule has 7 heteroatoms. The minimum Gasteiger partial charge on any atom is -0.425 e. The molecular weight excluding hydrogens is 333 g/mol. The van der Waals surface area contributed by atoms with Crippen LogP contribution in [0.15, 0.2) is 52.9 Å². The third-order valence-corrected chi connectivity index (χ3v) is 3.75. The van der Waals surface area contributed by atoms with E-state index in [1.165, 1.54) is 12.1 Å². The Bertz CT molecular complexity index is 857. The topological polar surface area (TPSA) is 59.2 Å². The molecule has 0 unspecified atom stereocenters. The van der Waals surface area contributed by atoms with Crippen molar-refractivity contribution in [2.24, 2.45) is 0 Å². The Hall–Kier alpha value is -2.67. The number of halogens is 3. The van der Waals surface area contributed by atoms with Crippen molar-refractivity contribution in [2.45, 2.75) is 25.6 Å². The molecule has 0 aliphatic rings. The van der Waals surface area contributed by atoms with Gasteiger partial charge in [0.25, 0.3) is 0 Å². The number of hydrogen-bond acceptors (Lipinski definition) is 4. The van der Waals surface area contributed by atoms with Gasteiger partial charge in [0, 0.05) is 6.92 Å². The Morgan fingerprint density at radius 3 is 2.36 bits per heavy atom. The molecule has 0 amide bonds. The Kier molecular flexibility index (Phi) is 4.59. The maximum atomic E-state index is 12.6. The molecule has 0 spiro atoms. The van der Waals surface area contributed by atoms with E-state index in [0.717, 1.165) is 12.1 Å². The van der Waals surface area contributed by atoms with Gasteiger partial charge in [-0.2, -0.15) is 13.2 Å². The number of benzene rings is 2. The summed E-state index contributed by atoms with van der Waals surface area (Å²) in [6.07, 6.45) is -5.05. The van der Waals surface area contributed by atoms with Gasteiger partial charge < -0.3 is 9.52 Å². The van der Waals surface area contributed by atoms with E-state index in [-0.39, 0.29) is 6.42 Å². The van der Waals surface area contributed by atoms with Crippen LogP contribution >= 0.6 is 0 Å². The molecule has 0 saturated heterocycles. The molecule has 3 rings (SSSR count). The predicted molar refractivity (Wildman–Crippen MR) is 84.6 cm³/mol. The molecule has 1 aromatic heterocycles. The summed E-state index contributed by atoms with van der Waals surface area (Å²) in [6, 6.07) is 11.9. The van der Waals surface area contributed by atoms with Gasteiger partial charge in [-0.15, -0.1) is 10.2 Å². The van der Waals surface area contributed by atoms with Gasteiger partial charge >= 0.3 is 6.18 Å². The van der Waals surface area contributed by atoms with Crippen LogP contribution in [0, 0.1) is 6.92 Å². The first-order valence-corrected chi connectivity index (χ1v) is 7.57. The highest BCUT2D eigenvalue weighted by Crippen LogP contribution is 2.31. The SMILES string of the molecule is Cc1nnc(C[C@H](O)c2cccc(-c3ccc(C(F)(F)F)cc3)c2)o1. The fraction of sp³-hybridized carbons (Fsp3) is 0.222. The van der Waals surface area contributed by atoms with Crippen LogP contribution < -0.4 is 0 Å². The first kappa shape index (κ1) is 17.2. The second-order valence-corrected chi connectivity index (χ2v) is 5.64. The normalized spacial score (nSPS) is 13.0. The fourth-order valence-electron chi connectivity index (χ4n) is 2.48. The molecule has 2 aromatic carbocycles. The van der Waals surface area contributed by atoms with Gasteiger partial charge in [-0.1, -0.05) is 30.3 Å². The molecule has 25 heavy (non-hydrogen) atoms. The number of alkyl halides is 3. The van der Waals surface area contributed by atoms with E-state index in [1.54, 1.807) is 31.2 Å². The highest BCUT2D eigenvalue weighted by molar-refractivity contribution is 5.64. The zero-order valence-electron chi connectivity index (χ0n) is 13.3. The van der Waals surface area contributed by atoms with Crippen molar-refractivity contribution in [3.63, 3.8) is 0 Å². The van der Waals surface area contributed by atoms with E-state index in [9.17, 15) is 18.3 Å². The van der Waals surface area contributed by atoms with Gasteiger partial charge in [-0.05, 0) is 34.9 Å². The molecule has 0 bridgehead atoms. The van der Waals surface area contributed by atoms with Gasteiger partial charge in [-0.3, -0.25) is 0 Å². The average Bonchev–Trinajstić information content (AvgIpc) is 2.99. The lowest BCUT2D eigenvalue weighted by Gasteiger charge is -2.11. The van der Waals surface area contributed by atoms with Gasteiger partial charge in [0.15, 0.2) is 0 Å². The molecule has 1 N–H and O–H groups in total. The van der Waals surface area contributed by atoms with Gasteiger partial charge in [0.1, 0.15) is 0 Å². The summed E-state index contributed by atoms with van der Waals surface area (Å²) in [4.78, 5) is 0. The summed E-state index contributed by atoms with van der Waals surface area (Å²) in [6.45, 7) is 1.66. The van der Waals surface area contributed by atoms with Crippen LogP contribution in [0.25, 0.3) is 11.1 Å². The molecule has 0 aliphatic carbocycles. The van der Waals surface area contributed by atoms with Crippen molar-refractivity contribution >= 4 is 0 Å². The molecule has 0 radical (unpaired) electrons. The molecular formula is C18H15F3N2O2. The van der Waals surface area contributed by atoms with E-state index >= 15 is 0 Å². The number of aliphatic hydroxyl groups excluding tert-OH is 1. The number of nitrogens with zero attached hydrogens (tertiary/aromatic N) is 2. The summed E-state index contributed by atoms with van der Waals surface area (Å²) in [5.74, 6) is 0.741. The van der Waals surface area contributed by atoms with Crippen LogP contribution in [0.5, 0.6) is 0 Å². The Balaban J connectivity index is 1.81. The number of rotatable bonds is 4. The van der Waals surface area contributed by atoms with Gasteiger partial charge in [-0.25, -0.2) is 0 Å². The molecule has 4 nitrogen and oxygen atoms in total. The third kappa shape index (κ3) is 4.06. The summed E-state index contributed by atoms with van der Waals surface area (Å²) in [5.41, 5.74) is 1.27. The third-order valence-electron chi connectivity index (χ3n) is 3.75. The molecule has 0 fully saturated rings. The first-order valence-electron chi connectivity index (χ1n) is 7.57. The summed E-state index contributed by atoms with van der Waals surface area (Å²) >= 11 is 0. The standard InChI is InChI=1S/C18H15F3N2O2/c1-11-22-23-17(25-11)10-16(24)14-4-2-3-13(9-14)12-5-7-15(8-6-12)18(19,20)21/h2-9,16,24H,10H2,1H3/t16-/m0/s1. The van der Waals surface area contributed by atoms with E-state index in [1.807, 2.05) is 0 Å². The van der Waals surface area contributed by atoms with E-state index in [2.05, 4.69) is 10.2 Å². The molecule has 0 aliphatic heterocycles. The largest absolute Gasteiger partial charge is 0.425 e. The quantitative estimate of drug-likeness (QED) is 0.762. The Labute approximate surface area is 141 Å². The number of hydrogen-bond donors (Lipinski definition) is 1. The lowest BCUT2D eigenvalue weighted by molar-refractivity contribution is -0.137. The van der Waals surface area contributed by atoms with Crippen LogP contribution in [-0.4, -0.2) is 15.3 Å². The first-order chi connectivity index (χ1) is 11.8. The molecule has 1 heterocycles. The van der Waals surface area contributed by atoms with Crippen molar-refractivity contribution in [3.8, 4) is 11.1 Å². The summed E-state index contributed by atoms with van der Waals surface area (Å²) in [5, 5.41) is 17.9. The zero-order valence-corrected chi connectivity index (χ0v) is 13.3. The van der Waals surface area contributed by atoms with Crippen molar-refractivity contribution in [2.75, 3.05) is 0 Å². The Morgan fingerprint density at radius 1 is 1.04 bits per heavy atom. The van der Waals surface area contributed by atoms with E-state index in [4.69, 9.17) is 4.42 Å². The van der Waals surface area contributed by atoms with Crippen LogP contribution in [0.1, 0.15) is 29.0 Å². The van der Waals surface area contributed by atoms with Crippen molar-refractivity contribution in [1.82, 2.24) is 10.2 Å². The maximum Gasteiger partial charge on any atom is 0.416 e. The lowest BCUT2D eigenvalue weighted by Crippen LogP contribution is -2.04. The molecule has 0 saturated carbocycles. The second kappa shape index (κ2) is 6.68. The number of aryl methyl sites for hydroxylation is 1. The second-order valence-electron chi connectivity index (χ2n) is 5.64. The van der Waals surface area contributed by atoms with Crippen molar-refractivity contribution in [1.29, 1.82) is 0 Å². The molecule has 1 atom stereocenters. The lowest BCUT2D eigenvalue weighted by atomic mass is 9.98. The monoisotopic (exact) mass is 348 g/mol. The van der Waals surface area contributed by atoms with Crippen LogP contribution in [0.4, 0.5) is 13.2 Å². The molecule has 130 valence electrons. The van der Waals surface area contributed by atoms with Crippen LogP contribution in [-0.2, 0) is 12.6 Å². The van der Waals surface area contributed by atoms with Crippen LogP contribution in [0.2, 0.25) is 0 Å². The summed E-state index contributed by atoms with van der Waals surface area (Å²) in [7, 11) is 0. The van der Waals surface area contributed by atoms with Crippen LogP contribution in [0.3, 0.4) is 0 Å².